The summed E-state index contributed by atoms with van der Waals surface area (Å²) in [6.07, 6.45) is 2.29. The summed E-state index contributed by atoms with van der Waals surface area (Å²) in [5.74, 6) is 0.656. The molecule has 2 N–H and O–H groups in total. The summed E-state index contributed by atoms with van der Waals surface area (Å²) < 4.78 is 34.0. The van der Waals surface area contributed by atoms with Crippen molar-refractivity contribution >= 4 is 22.5 Å². The van der Waals surface area contributed by atoms with Gasteiger partial charge in [0.1, 0.15) is 18.2 Å². The standard InChI is InChI=1S/C20H20F2N6O2/c1-23-20-14(8-25-28(20)3)19(29)16-4-11-5-17(30-10-18(21)22)13(6-15(11)26-16)12-7-24-27(2)9-12/h4-9,18,23,26H,10H2,1-3H3. The van der Waals surface area contributed by atoms with Crippen LogP contribution in [0.3, 0.4) is 0 Å². The zero-order valence-corrected chi connectivity index (χ0v) is 16.6. The summed E-state index contributed by atoms with van der Waals surface area (Å²) in [5.41, 5.74) is 2.78. The summed E-state index contributed by atoms with van der Waals surface area (Å²) in [5, 5.41) is 11.9. The molecule has 3 aromatic heterocycles. The first-order chi connectivity index (χ1) is 14.4. The number of alkyl halides is 2. The number of ether oxygens (including phenoxy) is 1. The van der Waals surface area contributed by atoms with Crippen LogP contribution in [0, 0.1) is 0 Å². The van der Waals surface area contributed by atoms with E-state index in [1.54, 1.807) is 61.1 Å². The van der Waals surface area contributed by atoms with Crippen LogP contribution in [0.2, 0.25) is 0 Å². The number of aryl methyl sites for hydroxylation is 2. The van der Waals surface area contributed by atoms with Gasteiger partial charge in [0.15, 0.2) is 0 Å². The molecule has 10 heteroatoms. The van der Waals surface area contributed by atoms with Crippen LogP contribution in [-0.4, -0.2) is 50.4 Å². The van der Waals surface area contributed by atoms with E-state index >= 15 is 0 Å². The van der Waals surface area contributed by atoms with Gasteiger partial charge in [-0.2, -0.15) is 10.2 Å². The van der Waals surface area contributed by atoms with Crippen LogP contribution in [0.1, 0.15) is 16.1 Å². The van der Waals surface area contributed by atoms with Gasteiger partial charge in [0, 0.05) is 49.4 Å². The normalized spacial score (nSPS) is 11.4. The molecule has 1 aromatic carbocycles. The summed E-state index contributed by atoms with van der Waals surface area (Å²) in [6.45, 7) is -0.726. The van der Waals surface area contributed by atoms with Gasteiger partial charge in [-0.15, -0.1) is 0 Å². The molecule has 4 rings (SSSR count). The maximum Gasteiger partial charge on any atom is 0.272 e. The largest absolute Gasteiger partial charge is 0.487 e. The van der Waals surface area contributed by atoms with Crippen molar-refractivity contribution in [3.05, 3.63) is 48.0 Å². The summed E-state index contributed by atoms with van der Waals surface area (Å²) >= 11 is 0. The third-order valence-electron chi connectivity index (χ3n) is 4.77. The average Bonchev–Trinajstić information content (AvgIpc) is 3.42. The van der Waals surface area contributed by atoms with Crippen molar-refractivity contribution in [2.75, 3.05) is 19.0 Å². The molecule has 0 saturated heterocycles. The quantitative estimate of drug-likeness (QED) is 0.453. The Hall–Kier alpha value is -3.69. The fraction of sp³-hybridized carbons (Fsp3) is 0.250. The van der Waals surface area contributed by atoms with E-state index in [1.807, 2.05) is 0 Å². The predicted octanol–water partition coefficient (Wildman–Crippen LogP) is 3.22. The van der Waals surface area contributed by atoms with Gasteiger partial charge in [-0.3, -0.25) is 14.2 Å². The second kappa shape index (κ2) is 7.62. The lowest BCUT2D eigenvalue weighted by Gasteiger charge is -2.10. The number of carbonyl (C=O) groups excluding carboxylic acids is 1. The molecule has 0 amide bonds. The van der Waals surface area contributed by atoms with Gasteiger partial charge >= 0.3 is 0 Å². The van der Waals surface area contributed by atoms with Crippen LogP contribution in [0.25, 0.3) is 22.0 Å². The fourth-order valence-electron chi connectivity index (χ4n) is 3.39. The van der Waals surface area contributed by atoms with Crippen LogP contribution in [0.4, 0.5) is 14.6 Å². The molecule has 0 aliphatic rings. The zero-order chi connectivity index (χ0) is 21.4. The van der Waals surface area contributed by atoms with E-state index in [-0.39, 0.29) is 5.78 Å². The smallest absolute Gasteiger partial charge is 0.272 e. The Balaban J connectivity index is 1.79. The number of aromatic amines is 1. The number of rotatable bonds is 7. The molecule has 156 valence electrons. The van der Waals surface area contributed by atoms with Gasteiger partial charge in [-0.05, 0) is 18.2 Å². The molecule has 0 bridgehead atoms. The fourth-order valence-corrected chi connectivity index (χ4v) is 3.39. The Bertz CT molecular complexity index is 1220. The Morgan fingerprint density at radius 1 is 1.23 bits per heavy atom. The Kier molecular flexibility index (Phi) is 4.98. The van der Waals surface area contributed by atoms with E-state index in [9.17, 15) is 13.6 Å². The van der Waals surface area contributed by atoms with Crippen molar-refractivity contribution < 1.29 is 18.3 Å². The number of nitrogens with zero attached hydrogens (tertiary/aromatic N) is 4. The van der Waals surface area contributed by atoms with Gasteiger partial charge in [0.05, 0.1) is 23.7 Å². The van der Waals surface area contributed by atoms with E-state index in [1.165, 1.54) is 6.20 Å². The molecule has 0 unspecified atom stereocenters. The summed E-state index contributed by atoms with van der Waals surface area (Å²) in [7, 11) is 5.22. The van der Waals surface area contributed by atoms with Crippen LogP contribution in [0.5, 0.6) is 5.75 Å². The number of aromatic nitrogens is 5. The van der Waals surface area contributed by atoms with Crippen molar-refractivity contribution in [1.29, 1.82) is 0 Å². The number of nitrogens with one attached hydrogen (secondary N) is 2. The lowest BCUT2D eigenvalue weighted by Crippen LogP contribution is -2.07. The molecule has 0 saturated carbocycles. The number of hydrogen-bond acceptors (Lipinski definition) is 5. The topological polar surface area (TPSA) is 89.8 Å². The third kappa shape index (κ3) is 3.51. The van der Waals surface area contributed by atoms with Crippen molar-refractivity contribution in [3.8, 4) is 16.9 Å². The maximum absolute atomic E-state index is 13.0. The SMILES string of the molecule is CNc1c(C(=O)c2cc3cc(OCC(F)F)c(-c4cnn(C)c4)cc3[nH]2)cnn1C. The highest BCUT2D eigenvalue weighted by molar-refractivity contribution is 6.13. The first-order valence-electron chi connectivity index (χ1n) is 9.18. The number of benzene rings is 1. The highest BCUT2D eigenvalue weighted by atomic mass is 19.3. The molecule has 4 aromatic rings. The number of anilines is 1. The van der Waals surface area contributed by atoms with E-state index in [0.29, 0.717) is 39.3 Å². The van der Waals surface area contributed by atoms with Gasteiger partial charge in [0.25, 0.3) is 6.43 Å². The van der Waals surface area contributed by atoms with Crippen molar-refractivity contribution in [3.63, 3.8) is 0 Å². The van der Waals surface area contributed by atoms with Crippen LogP contribution >= 0.6 is 0 Å². The van der Waals surface area contributed by atoms with E-state index in [0.717, 1.165) is 5.56 Å². The van der Waals surface area contributed by atoms with Gasteiger partial charge in [-0.1, -0.05) is 0 Å². The Morgan fingerprint density at radius 2 is 2.03 bits per heavy atom. The van der Waals surface area contributed by atoms with Gasteiger partial charge in [0.2, 0.25) is 5.78 Å². The van der Waals surface area contributed by atoms with Gasteiger partial charge in [-0.25, -0.2) is 8.78 Å². The molecule has 0 radical (unpaired) electrons. The first kappa shape index (κ1) is 19.6. The van der Waals surface area contributed by atoms with E-state index < -0.39 is 13.0 Å². The first-order valence-corrected chi connectivity index (χ1v) is 9.18. The van der Waals surface area contributed by atoms with E-state index in [2.05, 4.69) is 20.5 Å². The molecular weight excluding hydrogens is 394 g/mol. The average molecular weight is 414 g/mol. The zero-order valence-electron chi connectivity index (χ0n) is 16.6. The third-order valence-corrected chi connectivity index (χ3v) is 4.77. The number of fused-ring (bicyclic) bond motifs is 1. The van der Waals surface area contributed by atoms with Crippen LogP contribution < -0.4 is 10.1 Å². The van der Waals surface area contributed by atoms with E-state index in [4.69, 9.17) is 4.74 Å². The van der Waals surface area contributed by atoms with Gasteiger partial charge < -0.3 is 15.0 Å². The lowest BCUT2D eigenvalue weighted by atomic mass is 10.1. The monoisotopic (exact) mass is 414 g/mol. The molecule has 0 spiro atoms. The molecular formula is C20H20F2N6O2. The lowest BCUT2D eigenvalue weighted by molar-refractivity contribution is 0.0822. The second-order valence-electron chi connectivity index (χ2n) is 6.83. The molecule has 0 fully saturated rings. The molecule has 0 aliphatic carbocycles. The van der Waals surface area contributed by atoms with Crippen LogP contribution in [-0.2, 0) is 14.1 Å². The second-order valence-corrected chi connectivity index (χ2v) is 6.83. The highest BCUT2D eigenvalue weighted by Crippen LogP contribution is 2.35. The number of halogens is 2. The molecule has 3 heterocycles. The van der Waals surface area contributed by atoms with Crippen LogP contribution in [0.15, 0.2) is 36.8 Å². The number of hydrogen-bond donors (Lipinski definition) is 2. The minimum atomic E-state index is -2.60. The number of H-pyrrole nitrogens is 1. The Morgan fingerprint density at radius 3 is 2.70 bits per heavy atom. The maximum atomic E-state index is 13.0. The minimum absolute atomic E-state index is 0.235. The summed E-state index contributed by atoms with van der Waals surface area (Å²) in [4.78, 5) is 16.1. The predicted molar refractivity (Wildman–Crippen MR) is 108 cm³/mol. The van der Waals surface area contributed by atoms with Crippen molar-refractivity contribution in [2.45, 2.75) is 6.43 Å². The highest BCUT2D eigenvalue weighted by Gasteiger charge is 2.20. The molecule has 8 nitrogen and oxygen atoms in total. The van der Waals surface area contributed by atoms with Crippen molar-refractivity contribution in [1.82, 2.24) is 24.5 Å². The number of ketones is 1. The minimum Gasteiger partial charge on any atom is -0.487 e. The van der Waals surface area contributed by atoms with Crippen molar-refractivity contribution in [2.24, 2.45) is 14.1 Å². The number of carbonyl (C=O) groups is 1. The molecule has 30 heavy (non-hydrogen) atoms. The Labute approximate surface area is 170 Å². The molecule has 0 atom stereocenters. The summed E-state index contributed by atoms with van der Waals surface area (Å²) in [6, 6.07) is 5.09. The molecule has 0 aliphatic heterocycles.